The Kier molecular flexibility index (Phi) is 4.58. The second-order valence-corrected chi connectivity index (χ2v) is 5.58. The van der Waals surface area contributed by atoms with E-state index >= 15 is 0 Å². The Labute approximate surface area is 113 Å². The number of carbonyl (C=O) groups is 1. The van der Waals surface area contributed by atoms with Crippen molar-refractivity contribution in [3.8, 4) is 0 Å². The number of hydrogen-bond donors (Lipinski definition) is 2. The minimum Gasteiger partial charge on any atom is -0.396 e. The van der Waals surface area contributed by atoms with Gasteiger partial charge >= 0.3 is 0 Å². The van der Waals surface area contributed by atoms with Gasteiger partial charge < -0.3 is 14.9 Å². The lowest BCUT2D eigenvalue weighted by molar-refractivity contribution is 0.0863. The van der Waals surface area contributed by atoms with Crippen LogP contribution in [0.15, 0.2) is 10.6 Å². The van der Waals surface area contributed by atoms with E-state index in [0.717, 1.165) is 25.7 Å². The Morgan fingerprint density at radius 1 is 1.53 bits per heavy atom. The highest BCUT2D eigenvalue weighted by Gasteiger charge is 2.27. The predicted molar refractivity (Wildman–Crippen MR) is 70.9 cm³/mol. The second kappa shape index (κ2) is 6.19. The number of amides is 1. The van der Waals surface area contributed by atoms with E-state index in [1.165, 1.54) is 0 Å². The van der Waals surface area contributed by atoms with E-state index in [1.54, 1.807) is 6.07 Å². The number of aromatic nitrogens is 1. The molecule has 0 saturated heterocycles. The van der Waals surface area contributed by atoms with Crippen LogP contribution in [-0.4, -0.2) is 28.8 Å². The fourth-order valence-electron chi connectivity index (χ4n) is 2.53. The molecular formula is C14H22N2O3. The van der Waals surface area contributed by atoms with Crippen molar-refractivity contribution in [3.05, 3.63) is 17.5 Å². The van der Waals surface area contributed by atoms with Crippen molar-refractivity contribution in [3.63, 3.8) is 0 Å². The van der Waals surface area contributed by atoms with Gasteiger partial charge in [-0.25, -0.2) is 0 Å². The molecule has 1 fully saturated rings. The summed E-state index contributed by atoms with van der Waals surface area (Å²) in [6.07, 6.45) is 4.11. The van der Waals surface area contributed by atoms with Gasteiger partial charge in [-0.1, -0.05) is 31.8 Å². The van der Waals surface area contributed by atoms with Crippen LogP contribution in [-0.2, 0) is 0 Å². The highest BCUT2D eigenvalue weighted by molar-refractivity contribution is 5.92. The van der Waals surface area contributed by atoms with Crippen molar-refractivity contribution in [1.82, 2.24) is 10.5 Å². The Balaban J connectivity index is 1.99. The molecule has 1 aromatic heterocycles. The summed E-state index contributed by atoms with van der Waals surface area (Å²) in [6.45, 7) is 4.11. The SMILES string of the molecule is CC(C)c1cc(C(=O)NC2CCCCC2CO)no1. The molecule has 0 bridgehead atoms. The molecule has 1 aliphatic carbocycles. The molecule has 2 rings (SSSR count). The topological polar surface area (TPSA) is 75.4 Å². The van der Waals surface area contributed by atoms with Crippen LogP contribution in [0.25, 0.3) is 0 Å². The molecule has 2 unspecified atom stereocenters. The van der Waals surface area contributed by atoms with Crippen molar-refractivity contribution in [2.45, 2.75) is 51.5 Å². The maximum atomic E-state index is 12.1. The maximum Gasteiger partial charge on any atom is 0.273 e. The molecule has 1 heterocycles. The summed E-state index contributed by atoms with van der Waals surface area (Å²) in [4.78, 5) is 12.1. The average Bonchev–Trinajstić information content (AvgIpc) is 2.89. The molecule has 0 radical (unpaired) electrons. The van der Waals surface area contributed by atoms with E-state index in [0.29, 0.717) is 11.5 Å². The highest BCUT2D eigenvalue weighted by atomic mass is 16.5. The van der Waals surface area contributed by atoms with E-state index in [-0.39, 0.29) is 30.4 Å². The van der Waals surface area contributed by atoms with E-state index in [9.17, 15) is 9.90 Å². The fourth-order valence-corrected chi connectivity index (χ4v) is 2.53. The van der Waals surface area contributed by atoms with Gasteiger partial charge in [-0.2, -0.15) is 0 Å². The van der Waals surface area contributed by atoms with E-state index in [2.05, 4.69) is 10.5 Å². The van der Waals surface area contributed by atoms with Crippen molar-refractivity contribution in [2.24, 2.45) is 5.92 Å². The molecule has 5 heteroatoms. The van der Waals surface area contributed by atoms with E-state index in [4.69, 9.17) is 4.52 Å². The lowest BCUT2D eigenvalue weighted by Crippen LogP contribution is -2.43. The van der Waals surface area contributed by atoms with Crippen molar-refractivity contribution >= 4 is 5.91 Å². The molecule has 1 amide bonds. The highest BCUT2D eigenvalue weighted by Crippen LogP contribution is 2.24. The van der Waals surface area contributed by atoms with Gasteiger partial charge in [0.2, 0.25) is 0 Å². The van der Waals surface area contributed by atoms with Crippen LogP contribution in [0, 0.1) is 5.92 Å². The second-order valence-electron chi connectivity index (χ2n) is 5.58. The third kappa shape index (κ3) is 3.35. The quantitative estimate of drug-likeness (QED) is 0.875. The Hall–Kier alpha value is -1.36. The van der Waals surface area contributed by atoms with Crippen LogP contribution in [0.4, 0.5) is 0 Å². The van der Waals surface area contributed by atoms with Crippen molar-refractivity contribution in [1.29, 1.82) is 0 Å². The maximum absolute atomic E-state index is 12.1. The summed E-state index contributed by atoms with van der Waals surface area (Å²) >= 11 is 0. The summed E-state index contributed by atoms with van der Waals surface area (Å²) < 4.78 is 5.13. The van der Waals surface area contributed by atoms with Crippen LogP contribution in [0.3, 0.4) is 0 Å². The number of aliphatic hydroxyl groups is 1. The molecule has 1 aromatic rings. The van der Waals surface area contributed by atoms with Gasteiger partial charge in [0.1, 0.15) is 5.76 Å². The normalized spacial score (nSPS) is 23.6. The first-order valence-electron chi connectivity index (χ1n) is 7.00. The monoisotopic (exact) mass is 266 g/mol. The van der Waals surface area contributed by atoms with E-state index in [1.807, 2.05) is 13.8 Å². The number of rotatable bonds is 4. The summed E-state index contributed by atoms with van der Waals surface area (Å²) in [5.74, 6) is 0.886. The Morgan fingerprint density at radius 3 is 2.89 bits per heavy atom. The lowest BCUT2D eigenvalue weighted by Gasteiger charge is -2.30. The molecule has 2 N–H and O–H groups in total. The van der Waals surface area contributed by atoms with Gasteiger partial charge in [-0.05, 0) is 12.8 Å². The van der Waals surface area contributed by atoms with Gasteiger partial charge in [-0.3, -0.25) is 4.79 Å². The third-order valence-electron chi connectivity index (χ3n) is 3.79. The molecular weight excluding hydrogens is 244 g/mol. The molecule has 2 atom stereocenters. The fraction of sp³-hybridized carbons (Fsp3) is 0.714. The number of nitrogens with zero attached hydrogens (tertiary/aromatic N) is 1. The van der Waals surface area contributed by atoms with Gasteiger partial charge in [0.05, 0.1) is 0 Å². The largest absolute Gasteiger partial charge is 0.396 e. The van der Waals surface area contributed by atoms with Crippen LogP contribution in [0.2, 0.25) is 0 Å². The first-order valence-corrected chi connectivity index (χ1v) is 7.00. The molecule has 1 aliphatic rings. The molecule has 5 nitrogen and oxygen atoms in total. The molecule has 19 heavy (non-hydrogen) atoms. The number of carbonyl (C=O) groups excluding carboxylic acids is 1. The van der Waals surface area contributed by atoms with Gasteiger partial charge in [0.15, 0.2) is 5.69 Å². The zero-order valence-electron chi connectivity index (χ0n) is 11.6. The van der Waals surface area contributed by atoms with Crippen molar-refractivity contribution in [2.75, 3.05) is 6.61 Å². The average molecular weight is 266 g/mol. The summed E-state index contributed by atoms with van der Waals surface area (Å²) in [5.41, 5.74) is 0.325. The molecule has 106 valence electrons. The van der Waals surface area contributed by atoms with Crippen LogP contribution < -0.4 is 5.32 Å². The van der Waals surface area contributed by atoms with Gasteiger partial charge in [0.25, 0.3) is 5.91 Å². The number of hydrogen-bond acceptors (Lipinski definition) is 4. The molecule has 0 aliphatic heterocycles. The molecule has 0 aromatic carbocycles. The first-order chi connectivity index (χ1) is 9.11. The summed E-state index contributed by atoms with van der Waals surface area (Å²) in [7, 11) is 0. The number of aliphatic hydroxyl groups excluding tert-OH is 1. The third-order valence-corrected chi connectivity index (χ3v) is 3.79. The van der Waals surface area contributed by atoms with Crippen LogP contribution >= 0.6 is 0 Å². The summed E-state index contributed by atoms with van der Waals surface area (Å²) in [5, 5.41) is 16.1. The van der Waals surface area contributed by atoms with Crippen molar-refractivity contribution < 1.29 is 14.4 Å². The van der Waals surface area contributed by atoms with Crippen LogP contribution in [0.5, 0.6) is 0 Å². The molecule has 1 saturated carbocycles. The predicted octanol–water partition coefficient (Wildman–Crippen LogP) is 2.08. The molecule has 0 spiro atoms. The smallest absolute Gasteiger partial charge is 0.273 e. The minimum absolute atomic E-state index is 0.0467. The minimum atomic E-state index is -0.207. The van der Waals surface area contributed by atoms with Gasteiger partial charge in [0, 0.05) is 30.6 Å². The van der Waals surface area contributed by atoms with Gasteiger partial charge in [-0.15, -0.1) is 0 Å². The number of nitrogens with one attached hydrogen (secondary N) is 1. The lowest BCUT2D eigenvalue weighted by atomic mass is 9.85. The standard InChI is InChI=1S/C14H22N2O3/c1-9(2)13-7-12(16-19-13)14(18)15-11-6-4-3-5-10(11)8-17/h7,9-11,17H,3-6,8H2,1-2H3,(H,15,18). The Bertz CT molecular complexity index is 428. The zero-order chi connectivity index (χ0) is 13.8. The zero-order valence-corrected chi connectivity index (χ0v) is 11.6. The van der Waals surface area contributed by atoms with E-state index < -0.39 is 0 Å². The summed E-state index contributed by atoms with van der Waals surface area (Å²) in [6, 6.07) is 1.74. The Morgan fingerprint density at radius 2 is 2.26 bits per heavy atom. The first kappa shape index (κ1) is 14.1. The van der Waals surface area contributed by atoms with Crippen LogP contribution in [0.1, 0.15) is 61.7 Å².